The molecule has 2 heterocycles. The summed E-state index contributed by atoms with van der Waals surface area (Å²) in [5.74, 6) is -1.89. The van der Waals surface area contributed by atoms with Crippen molar-refractivity contribution in [3.63, 3.8) is 0 Å². The van der Waals surface area contributed by atoms with E-state index < -0.39 is 48.3 Å². The van der Waals surface area contributed by atoms with Crippen molar-refractivity contribution in [3.05, 3.63) is 36.0 Å². The Bertz CT molecular complexity index is 1080. The number of allylic oxidation sites excluding steroid dienone is 2. The minimum absolute atomic E-state index is 0.0531. The minimum atomic E-state index is -0.989. The molecule has 1 saturated heterocycles. The average Bonchev–Trinajstić information content (AvgIpc) is 3.12. The summed E-state index contributed by atoms with van der Waals surface area (Å²) in [5.41, 5.74) is 0.843. The molecule has 11 nitrogen and oxygen atoms in total. The molecule has 2 aliphatic rings. The van der Waals surface area contributed by atoms with Crippen molar-refractivity contribution in [2.45, 2.75) is 166 Å². The van der Waals surface area contributed by atoms with Gasteiger partial charge in [0.2, 0.25) is 0 Å². The van der Waals surface area contributed by atoms with Gasteiger partial charge in [-0.15, -0.1) is 0 Å². The van der Waals surface area contributed by atoms with Crippen molar-refractivity contribution >= 4 is 5.97 Å². The normalized spacial score (nSPS) is 29.1. The first-order chi connectivity index (χ1) is 24.1. The summed E-state index contributed by atoms with van der Waals surface area (Å²) < 4.78 is 28.3. The van der Waals surface area contributed by atoms with Crippen LogP contribution < -0.4 is 0 Å². The number of methoxy groups -OCH3 is 3. The molecular weight excluding hydrogens is 656 g/mol. The number of esters is 1. The number of hydrogen-bond acceptors (Lipinski definition) is 11. The van der Waals surface area contributed by atoms with Gasteiger partial charge in [0.05, 0.1) is 74.3 Å². The highest BCUT2D eigenvalue weighted by molar-refractivity contribution is 5.82. The number of aliphatic hydroxyl groups excluding tert-OH is 5. The fourth-order valence-electron chi connectivity index (χ4n) is 7.37. The fourth-order valence-corrected chi connectivity index (χ4v) is 7.37. The SMILES string of the molecule is COC(=O)C=CC(C)=CCC(O)CC1C=CCC(CC(OC)C(C)C(O)CC(O)C(C)C(O)C(C)C(O)C(C)CCC2CC(OC)CC(C)O2)O1. The van der Waals surface area contributed by atoms with Gasteiger partial charge in [0.15, 0.2) is 0 Å². The maximum Gasteiger partial charge on any atom is 0.330 e. The van der Waals surface area contributed by atoms with Gasteiger partial charge in [-0.25, -0.2) is 4.79 Å². The standard InChI is InChI=1S/C40H70O11/c1-24(14-18-38(44)49-9)13-16-30(41)20-31-11-10-12-32(51-31)22-37(48-8)27(4)35(42)23-36(43)28(5)40(46)29(6)39(45)25(2)15-17-33-21-34(47-7)19-26(3)50-33/h10-11,13-14,18,25-37,39-43,45-46H,12,15-17,19-23H2,1-9H3. The van der Waals surface area contributed by atoms with Crippen molar-refractivity contribution in [2.24, 2.45) is 23.7 Å². The molecule has 0 bridgehead atoms. The monoisotopic (exact) mass is 726 g/mol. The number of ether oxygens (including phenoxy) is 5. The Balaban J connectivity index is 1.84. The second kappa shape index (κ2) is 23.2. The molecule has 0 aliphatic carbocycles. The number of carbonyl (C=O) groups excluding carboxylic acids is 1. The predicted molar refractivity (Wildman–Crippen MR) is 197 cm³/mol. The molecule has 15 unspecified atom stereocenters. The molecule has 2 aliphatic heterocycles. The summed E-state index contributed by atoms with van der Waals surface area (Å²) in [4.78, 5) is 11.3. The first kappa shape index (κ1) is 45.5. The van der Waals surface area contributed by atoms with Crippen LogP contribution in [0.1, 0.15) is 99.3 Å². The lowest BCUT2D eigenvalue weighted by atomic mass is 9.79. The Morgan fingerprint density at radius 1 is 0.882 bits per heavy atom. The number of rotatable bonds is 22. The van der Waals surface area contributed by atoms with Crippen LogP contribution in [-0.2, 0) is 28.5 Å². The number of carbonyl (C=O) groups is 1. The van der Waals surface area contributed by atoms with Gasteiger partial charge >= 0.3 is 5.97 Å². The predicted octanol–water partition coefficient (Wildman–Crippen LogP) is 4.66. The molecule has 15 atom stereocenters. The van der Waals surface area contributed by atoms with Gasteiger partial charge in [0, 0.05) is 50.9 Å². The lowest BCUT2D eigenvalue weighted by Crippen LogP contribution is -2.43. The summed E-state index contributed by atoms with van der Waals surface area (Å²) in [6, 6.07) is 0. The lowest BCUT2D eigenvalue weighted by molar-refractivity contribution is -0.134. The first-order valence-electron chi connectivity index (χ1n) is 19.0. The quantitative estimate of drug-likeness (QED) is 0.0456. The van der Waals surface area contributed by atoms with E-state index in [1.807, 2.05) is 45.9 Å². The van der Waals surface area contributed by atoms with Gasteiger partial charge in [0.1, 0.15) is 0 Å². The van der Waals surface area contributed by atoms with Crippen LogP contribution in [0.25, 0.3) is 0 Å². The van der Waals surface area contributed by atoms with Crippen molar-refractivity contribution in [1.82, 2.24) is 0 Å². The zero-order valence-corrected chi connectivity index (χ0v) is 32.6. The summed E-state index contributed by atoms with van der Waals surface area (Å²) in [6.45, 7) is 11.3. The molecule has 2 rings (SSSR count). The van der Waals surface area contributed by atoms with E-state index in [2.05, 4.69) is 11.7 Å². The Hall–Kier alpha value is -1.67. The summed E-state index contributed by atoms with van der Waals surface area (Å²) in [7, 11) is 4.65. The van der Waals surface area contributed by atoms with Gasteiger partial charge in [-0.2, -0.15) is 0 Å². The third-order valence-electron chi connectivity index (χ3n) is 11.1. The van der Waals surface area contributed by atoms with Crippen molar-refractivity contribution < 1.29 is 54.0 Å². The molecule has 0 saturated carbocycles. The van der Waals surface area contributed by atoms with Crippen molar-refractivity contribution in [1.29, 1.82) is 0 Å². The molecule has 1 fully saturated rings. The van der Waals surface area contributed by atoms with Gasteiger partial charge < -0.3 is 49.2 Å². The van der Waals surface area contributed by atoms with Gasteiger partial charge in [-0.3, -0.25) is 0 Å². The fraction of sp³-hybridized carbons (Fsp3) is 0.825. The van der Waals surface area contributed by atoms with E-state index in [9.17, 15) is 30.3 Å². The van der Waals surface area contributed by atoms with Gasteiger partial charge in [0.25, 0.3) is 0 Å². The molecular formula is C40H70O11. The highest BCUT2D eigenvalue weighted by Gasteiger charge is 2.37. The lowest BCUT2D eigenvalue weighted by Gasteiger charge is -2.37. The van der Waals surface area contributed by atoms with Gasteiger partial charge in [-0.05, 0) is 64.7 Å². The molecule has 51 heavy (non-hydrogen) atoms. The molecule has 0 radical (unpaired) electrons. The number of hydrogen-bond donors (Lipinski definition) is 5. The second-order valence-electron chi connectivity index (χ2n) is 15.3. The van der Waals surface area contributed by atoms with Crippen LogP contribution in [0, 0.1) is 23.7 Å². The van der Waals surface area contributed by atoms with Crippen LogP contribution in [0.2, 0.25) is 0 Å². The molecule has 5 N–H and O–H groups in total. The van der Waals surface area contributed by atoms with E-state index in [-0.39, 0.29) is 54.9 Å². The average molecular weight is 727 g/mol. The topological polar surface area (TPSA) is 164 Å². The van der Waals surface area contributed by atoms with E-state index in [1.165, 1.54) is 13.2 Å². The molecule has 11 heteroatoms. The van der Waals surface area contributed by atoms with Crippen LogP contribution in [0.4, 0.5) is 0 Å². The van der Waals surface area contributed by atoms with E-state index in [0.29, 0.717) is 25.7 Å². The van der Waals surface area contributed by atoms with Crippen LogP contribution in [0.15, 0.2) is 36.0 Å². The Labute approximate surface area is 307 Å². The molecule has 0 spiro atoms. The smallest absolute Gasteiger partial charge is 0.330 e. The molecule has 0 amide bonds. The largest absolute Gasteiger partial charge is 0.466 e. The van der Waals surface area contributed by atoms with Crippen LogP contribution in [0.5, 0.6) is 0 Å². The maximum absolute atomic E-state index is 11.3. The second-order valence-corrected chi connectivity index (χ2v) is 15.3. The summed E-state index contributed by atoms with van der Waals surface area (Å²) >= 11 is 0. The maximum atomic E-state index is 11.3. The summed E-state index contributed by atoms with van der Waals surface area (Å²) in [5, 5.41) is 55.2. The van der Waals surface area contributed by atoms with Crippen LogP contribution in [0.3, 0.4) is 0 Å². The zero-order chi connectivity index (χ0) is 38.2. The minimum Gasteiger partial charge on any atom is -0.466 e. The Morgan fingerprint density at radius 3 is 2.22 bits per heavy atom. The Morgan fingerprint density at radius 2 is 1.57 bits per heavy atom. The Kier molecular flexibility index (Phi) is 20.7. The van der Waals surface area contributed by atoms with Gasteiger partial charge in [-0.1, -0.05) is 57.6 Å². The van der Waals surface area contributed by atoms with E-state index in [1.54, 1.807) is 27.2 Å². The zero-order valence-electron chi connectivity index (χ0n) is 32.6. The van der Waals surface area contributed by atoms with Crippen molar-refractivity contribution in [3.8, 4) is 0 Å². The molecule has 296 valence electrons. The molecule has 0 aromatic rings. The number of aliphatic hydroxyl groups is 5. The third kappa shape index (κ3) is 15.7. The van der Waals surface area contributed by atoms with Crippen molar-refractivity contribution in [2.75, 3.05) is 21.3 Å². The molecule has 0 aromatic heterocycles. The van der Waals surface area contributed by atoms with Crippen LogP contribution >= 0.6 is 0 Å². The van der Waals surface area contributed by atoms with E-state index in [4.69, 9.17) is 18.9 Å². The first-order valence-corrected chi connectivity index (χ1v) is 19.0. The third-order valence-corrected chi connectivity index (χ3v) is 11.1. The summed E-state index contributed by atoms with van der Waals surface area (Å²) in [6.07, 6.45) is 9.56. The highest BCUT2D eigenvalue weighted by atomic mass is 16.5. The highest BCUT2D eigenvalue weighted by Crippen LogP contribution is 2.31. The van der Waals surface area contributed by atoms with E-state index in [0.717, 1.165) is 31.3 Å². The van der Waals surface area contributed by atoms with E-state index >= 15 is 0 Å². The van der Waals surface area contributed by atoms with Crippen LogP contribution in [-0.4, -0.2) is 120 Å². The molecule has 0 aromatic carbocycles.